The van der Waals surface area contributed by atoms with Gasteiger partial charge in [-0.15, -0.1) is 0 Å². The quantitative estimate of drug-likeness (QED) is 0.805. The molecule has 0 spiro atoms. The third-order valence-corrected chi connectivity index (χ3v) is 5.49. The molecule has 1 amide bonds. The number of carbonyl (C=O) groups is 1. The van der Waals surface area contributed by atoms with E-state index in [0.29, 0.717) is 17.9 Å². The van der Waals surface area contributed by atoms with Crippen LogP contribution in [0.15, 0.2) is 0 Å². The first-order valence-corrected chi connectivity index (χ1v) is 9.16. The van der Waals surface area contributed by atoms with Crippen molar-refractivity contribution in [3.8, 4) is 0 Å². The Labute approximate surface area is 130 Å². The van der Waals surface area contributed by atoms with Gasteiger partial charge in [-0.2, -0.15) is 0 Å². The summed E-state index contributed by atoms with van der Waals surface area (Å²) in [6.45, 7) is 8.96. The van der Waals surface area contributed by atoms with E-state index in [-0.39, 0.29) is 12.2 Å². The van der Waals surface area contributed by atoms with Gasteiger partial charge in [-0.3, -0.25) is 10.1 Å². The van der Waals surface area contributed by atoms with Crippen LogP contribution in [0.25, 0.3) is 0 Å². The molecule has 1 aliphatic heterocycles. The smallest absolute Gasteiger partial charge is 0.241 e. The third kappa shape index (κ3) is 3.80. The van der Waals surface area contributed by atoms with E-state index >= 15 is 0 Å². The van der Waals surface area contributed by atoms with E-state index in [0.717, 1.165) is 18.8 Å². The first kappa shape index (κ1) is 16.8. The maximum atomic E-state index is 12.8. The van der Waals surface area contributed by atoms with Crippen LogP contribution < -0.4 is 5.32 Å². The maximum Gasteiger partial charge on any atom is 0.241 e. The van der Waals surface area contributed by atoms with Crippen molar-refractivity contribution < 1.29 is 4.79 Å². The van der Waals surface area contributed by atoms with E-state index in [1.165, 1.54) is 38.5 Å². The van der Waals surface area contributed by atoms with Crippen molar-refractivity contribution in [2.75, 3.05) is 0 Å². The van der Waals surface area contributed by atoms with Crippen molar-refractivity contribution in [3.05, 3.63) is 0 Å². The SMILES string of the molecule is CCCCC1NC(C(C)C)N(C2CCC(CC)CC2)C1=O. The van der Waals surface area contributed by atoms with E-state index in [2.05, 4.69) is 37.9 Å². The zero-order valence-corrected chi connectivity index (χ0v) is 14.4. The lowest BCUT2D eigenvalue weighted by Gasteiger charge is -2.38. The Morgan fingerprint density at radius 1 is 1.19 bits per heavy atom. The molecule has 122 valence electrons. The monoisotopic (exact) mass is 294 g/mol. The van der Waals surface area contributed by atoms with Gasteiger partial charge in [0.2, 0.25) is 5.91 Å². The van der Waals surface area contributed by atoms with Gasteiger partial charge < -0.3 is 4.90 Å². The number of carbonyl (C=O) groups excluding carboxylic acids is 1. The third-order valence-electron chi connectivity index (χ3n) is 5.49. The summed E-state index contributed by atoms with van der Waals surface area (Å²) in [4.78, 5) is 15.1. The van der Waals surface area contributed by atoms with Gasteiger partial charge in [0, 0.05) is 6.04 Å². The molecule has 2 atom stereocenters. The Kier molecular flexibility index (Phi) is 6.09. The molecule has 2 aliphatic rings. The number of amides is 1. The van der Waals surface area contributed by atoms with Crippen LogP contribution in [-0.4, -0.2) is 29.1 Å². The molecule has 1 aliphatic carbocycles. The first-order chi connectivity index (χ1) is 10.1. The highest BCUT2D eigenvalue weighted by Crippen LogP contribution is 2.33. The fraction of sp³-hybridized carbons (Fsp3) is 0.944. The van der Waals surface area contributed by atoms with Crippen LogP contribution in [0.2, 0.25) is 0 Å². The van der Waals surface area contributed by atoms with E-state index < -0.39 is 0 Å². The Morgan fingerprint density at radius 2 is 1.86 bits per heavy atom. The summed E-state index contributed by atoms with van der Waals surface area (Å²) in [7, 11) is 0. The molecule has 1 saturated heterocycles. The summed E-state index contributed by atoms with van der Waals surface area (Å²) in [6, 6.07) is 0.549. The van der Waals surface area contributed by atoms with Crippen LogP contribution >= 0.6 is 0 Å². The van der Waals surface area contributed by atoms with Crippen molar-refractivity contribution in [1.29, 1.82) is 0 Å². The summed E-state index contributed by atoms with van der Waals surface area (Å²) >= 11 is 0. The van der Waals surface area contributed by atoms with Crippen molar-refractivity contribution in [3.63, 3.8) is 0 Å². The Balaban J connectivity index is 2.02. The van der Waals surface area contributed by atoms with Gasteiger partial charge in [0.25, 0.3) is 0 Å². The number of nitrogens with one attached hydrogen (secondary N) is 1. The molecule has 0 bridgehead atoms. The topological polar surface area (TPSA) is 32.3 Å². The summed E-state index contributed by atoms with van der Waals surface area (Å²) in [5.41, 5.74) is 0. The van der Waals surface area contributed by atoms with Gasteiger partial charge in [-0.1, -0.05) is 47.0 Å². The lowest BCUT2D eigenvalue weighted by Crippen LogP contribution is -2.48. The molecular formula is C18H34N2O. The molecule has 0 radical (unpaired) electrons. The molecule has 21 heavy (non-hydrogen) atoms. The van der Waals surface area contributed by atoms with Crippen molar-refractivity contribution in [1.82, 2.24) is 10.2 Å². The average molecular weight is 294 g/mol. The molecule has 2 fully saturated rings. The summed E-state index contributed by atoms with van der Waals surface area (Å²) in [6.07, 6.45) is 9.87. The lowest BCUT2D eigenvalue weighted by atomic mass is 9.83. The molecule has 3 nitrogen and oxygen atoms in total. The zero-order chi connectivity index (χ0) is 15.4. The van der Waals surface area contributed by atoms with Crippen molar-refractivity contribution in [2.45, 2.75) is 97.3 Å². The average Bonchev–Trinajstić information content (AvgIpc) is 2.82. The predicted molar refractivity (Wildman–Crippen MR) is 88.0 cm³/mol. The minimum absolute atomic E-state index is 0.0706. The Bertz CT molecular complexity index is 334. The largest absolute Gasteiger partial charge is 0.323 e. The number of hydrogen-bond donors (Lipinski definition) is 1. The predicted octanol–water partition coefficient (Wildman–Crippen LogP) is 3.93. The van der Waals surface area contributed by atoms with Gasteiger partial charge in [0.15, 0.2) is 0 Å². The van der Waals surface area contributed by atoms with Gasteiger partial charge >= 0.3 is 0 Å². The molecule has 0 aromatic heterocycles. The number of unbranched alkanes of at least 4 members (excludes halogenated alkanes) is 1. The lowest BCUT2D eigenvalue weighted by molar-refractivity contribution is -0.134. The van der Waals surface area contributed by atoms with Crippen LogP contribution in [0.4, 0.5) is 0 Å². The van der Waals surface area contributed by atoms with E-state index in [4.69, 9.17) is 0 Å². The van der Waals surface area contributed by atoms with Gasteiger partial charge in [-0.05, 0) is 43.9 Å². The molecule has 3 heteroatoms. The van der Waals surface area contributed by atoms with Crippen LogP contribution in [0.3, 0.4) is 0 Å². The van der Waals surface area contributed by atoms with E-state index in [1.54, 1.807) is 0 Å². The van der Waals surface area contributed by atoms with Crippen LogP contribution in [0.1, 0.15) is 79.1 Å². The molecule has 1 heterocycles. The van der Waals surface area contributed by atoms with Crippen molar-refractivity contribution >= 4 is 5.91 Å². The summed E-state index contributed by atoms with van der Waals surface area (Å²) < 4.78 is 0. The second-order valence-electron chi connectivity index (χ2n) is 7.38. The maximum absolute atomic E-state index is 12.8. The van der Waals surface area contributed by atoms with E-state index in [9.17, 15) is 4.79 Å². The second-order valence-corrected chi connectivity index (χ2v) is 7.38. The highest BCUT2D eigenvalue weighted by Gasteiger charge is 2.43. The van der Waals surface area contributed by atoms with Crippen LogP contribution in [0.5, 0.6) is 0 Å². The molecule has 0 aromatic carbocycles. The highest BCUT2D eigenvalue weighted by molar-refractivity contribution is 5.84. The Morgan fingerprint density at radius 3 is 2.38 bits per heavy atom. The van der Waals surface area contributed by atoms with Gasteiger partial charge in [0.05, 0.1) is 12.2 Å². The Hall–Kier alpha value is -0.570. The molecular weight excluding hydrogens is 260 g/mol. The number of rotatable bonds is 6. The minimum Gasteiger partial charge on any atom is -0.323 e. The molecule has 1 saturated carbocycles. The first-order valence-electron chi connectivity index (χ1n) is 9.16. The molecule has 1 N–H and O–H groups in total. The van der Waals surface area contributed by atoms with Crippen LogP contribution in [0, 0.1) is 11.8 Å². The van der Waals surface area contributed by atoms with E-state index in [1.807, 2.05) is 0 Å². The zero-order valence-electron chi connectivity index (χ0n) is 14.4. The summed E-state index contributed by atoms with van der Waals surface area (Å²) in [5, 5.41) is 3.62. The normalized spacial score (nSPS) is 34.0. The van der Waals surface area contributed by atoms with Gasteiger partial charge in [-0.25, -0.2) is 0 Å². The second kappa shape index (κ2) is 7.62. The van der Waals surface area contributed by atoms with Crippen molar-refractivity contribution in [2.24, 2.45) is 11.8 Å². The fourth-order valence-electron chi connectivity index (χ4n) is 4.04. The van der Waals surface area contributed by atoms with Crippen LogP contribution in [-0.2, 0) is 4.79 Å². The highest BCUT2D eigenvalue weighted by atomic mass is 16.2. The number of nitrogens with zero attached hydrogens (tertiary/aromatic N) is 1. The molecule has 2 unspecified atom stereocenters. The van der Waals surface area contributed by atoms with Gasteiger partial charge in [0.1, 0.15) is 0 Å². The standard InChI is InChI=1S/C18H34N2O/c1-5-7-8-16-18(21)20(17(19-16)13(3)4)15-11-9-14(6-2)10-12-15/h13-17,19H,5-12H2,1-4H3. The minimum atomic E-state index is 0.0706. The fourth-order valence-corrected chi connectivity index (χ4v) is 4.04. The molecule has 0 aromatic rings. The summed E-state index contributed by atoms with van der Waals surface area (Å²) in [5.74, 6) is 1.76. The molecule has 2 rings (SSSR count). The number of hydrogen-bond acceptors (Lipinski definition) is 2.